The molecule has 0 unspecified atom stereocenters. The lowest BCUT2D eigenvalue weighted by Crippen LogP contribution is -2.36. The minimum atomic E-state index is -0.175. The largest absolute Gasteiger partial charge is 0.488 e. The summed E-state index contributed by atoms with van der Waals surface area (Å²) in [6.45, 7) is 9.57. The number of ether oxygens (including phenoxy) is 2. The number of hydrogen-bond acceptors (Lipinski definition) is 5. The van der Waals surface area contributed by atoms with Crippen LogP contribution in [0, 0.1) is 0 Å². The Bertz CT molecular complexity index is 610. The summed E-state index contributed by atoms with van der Waals surface area (Å²) >= 11 is 1.69. The highest BCUT2D eigenvalue weighted by Crippen LogP contribution is 2.29. The van der Waals surface area contributed by atoms with Gasteiger partial charge in [-0.1, -0.05) is 0 Å². The highest BCUT2D eigenvalue weighted by Gasteiger charge is 2.15. The zero-order valence-electron chi connectivity index (χ0n) is 13.3. The second kappa shape index (κ2) is 6.26. The van der Waals surface area contributed by atoms with E-state index in [2.05, 4.69) is 43.2 Å². The topological polar surface area (TPSA) is 34.6 Å². The zero-order chi connectivity index (χ0) is 15.6. The molecule has 1 aromatic heterocycles. The molecule has 0 atom stereocenters. The van der Waals surface area contributed by atoms with E-state index in [0.717, 1.165) is 48.4 Å². The molecule has 22 heavy (non-hydrogen) atoms. The average molecular weight is 318 g/mol. The molecule has 0 aliphatic carbocycles. The smallest absolute Gasteiger partial charge is 0.186 e. The molecule has 3 rings (SSSR count). The van der Waals surface area contributed by atoms with Crippen LogP contribution in [0.3, 0.4) is 0 Å². The van der Waals surface area contributed by atoms with Gasteiger partial charge in [-0.25, -0.2) is 4.98 Å². The number of hydrogen-bond donors (Lipinski definition) is 0. The first kappa shape index (κ1) is 15.3. The first-order valence-electron chi connectivity index (χ1n) is 7.59. The molecule has 1 saturated heterocycles. The summed E-state index contributed by atoms with van der Waals surface area (Å²) in [6, 6.07) is 8.15. The maximum atomic E-state index is 5.85. The van der Waals surface area contributed by atoms with Crippen molar-refractivity contribution in [2.24, 2.45) is 0 Å². The lowest BCUT2D eigenvalue weighted by molar-refractivity contribution is 0.122. The van der Waals surface area contributed by atoms with Crippen molar-refractivity contribution in [2.45, 2.75) is 26.4 Å². The SMILES string of the molecule is CC(C)(C)Oc1ccc(-c2csc(N3CCOCC3)n2)cc1. The summed E-state index contributed by atoms with van der Waals surface area (Å²) in [5.74, 6) is 0.889. The number of morpholine rings is 1. The highest BCUT2D eigenvalue weighted by molar-refractivity contribution is 7.14. The van der Waals surface area contributed by atoms with Crippen molar-refractivity contribution in [2.75, 3.05) is 31.2 Å². The van der Waals surface area contributed by atoms with E-state index in [1.807, 2.05) is 12.1 Å². The van der Waals surface area contributed by atoms with E-state index >= 15 is 0 Å². The third kappa shape index (κ3) is 3.78. The Kier molecular flexibility index (Phi) is 4.36. The van der Waals surface area contributed by atoms with Gasteiger partial charge in [-0.05, 0) is 45.0 Å². The van der Waals surface area contributed by atoms with Gasteiger partial charge in [-0.3, -0.25) is 0 Å². The Morgan fingerprint density at radius 1 is 1.14 bits per heavy atom. The third-order valence-corrected chi connectivity index (χ3v) is 4.25. The van der Waals surface area contributed by atoms with Crippen LogP contribution in [0.1, 0.15) is 20.8 Å². The van der Waals surface area contributed by atoms with Crippen molar-refractivity contribution < 1.29 is 9.47 Å². The molecule has 5 heteroatoms. The van der Waals surface area contributed by atoms with Gasteiger partial charge in [0.2, 0.25) is 0 Å². The van der Waals surface area contributed by atoms with E-state index in [4.69, 9.17) is 14.5 Å². The number of thiazole rings is 1. The quantitative estimate of drug-likeness (QED) is 0.861. The standard InChI is InChI=1S/C17H22N2O2S/c1-17(2,3)21-14-6-4-13(5-7-14)15-12-22-16(18-15)19-8-10-20-11-9-19/h4-7,12H,8-11H2,1-3H3. The summed E-state index contributed by atoms with van der Waals surface area (Å²) in [5, 5.41) is 3.19. The van der Waals surface area contributed by atoms with Crippen LogP contribution >= 0.6 is 11.3 Å². The molecular formula is C17H22N2O2S. The lowest BCUT2D eigenvalue weighted by atomic mass is 10.1. The number of aromatic nitrogens is 1. The molecular weight excluding hydrogens is 296 g/mol. The van der Waals surface area contributed by atoms with Crippen LogP contribution in [0.4, 0.5) is 5.13 Å². The summed E-state index contributed by atoms with van der Waals surface area (Å²) < 4.78 is 11.2. The van der Waals surface area contributed by atoms with Crippen LogP contribution in [0.25, 0.3) is 11.3 Å². The summed E-state index contributed by atoms with van der Waals surface area (Å²) in [6.07, 6.45) is 0. The van der Waals surface area contributed by atoms with Crippen molar-refractivity contribution in [3.8, 4) is 17.0 Å². The normalized spacial score (nSPS) is 15.9. The second-order valence-electron chi connectivity index (χ2n) is 6.35. The molecule has 1 fully saturated rings. The Balaban J connectivity index is 1.73. The van der Waals surface area contributed by atoms with E-state index in [1.54, 1.807) is 11.3 Å². The van der Waals surface area contributed by atoms with Gasteiger partial charge in [0.25, 0.3) is 0 Å². The van der Waals surface area contributed by atoms with Crippen LogP contribution in [0.2, 0.25) is 0 Å². The third-order valence-electron chi connectivity index (χ3n) is 3.35. The van der Waals surface area contributed by atoms with E-state index in [-0.39, 0.29) is 5.60 Å². The van der Waals surface area contributed by atoms with Crippen LogP contribution < -0.4 is 9.64 Å². The van der Waals surface area contributed by atoms with Gasteiger partial charge in [-0.15, -0.1) is 11.3 Å². The van der Waals surface area contributed by atoms with Crippen molar-refractivity contribution in [3.63, 3.8) is 0 Å². The van der Waals surface area contributed by atoms with Crippen LogP contribution in [-0.4, -0.2) is 36.9 Å². The monoisotopic (exact) mass is 318 g/mol. The van der Waals surface area contributed by atoms with Crippen LogP contribution in [0.5, 0.6) is 5.75 Å². The average Bonchev–Trinajstić information content (AvgIpc) is 2.97. The maximum Gasteiger partial charge on any atom is 0.186 e. The van der Waals surface area contributed by atoms with E-state index in [0.29, 0.717) is 0 Å². The Labute approximate surface area is 135 Å². The highest BCUT2D eigenvalue weighted by atomic mass is 32.1. The summed E-state index contributed by atoms with van der Waals surface area (Å²) in [7, 11) is 0. The van der Waals surface area contributed by atoms with E-state index in [1.165, 1.54) is 0 Å². The van der Waals surface area contributed by atoms with E-state index < -0.39 is 0 Å². The Morgan fingerprint density at radius 2 is 1.82 bits per heavy atom. The lowest BCUT2D eigenvalue weighted by Gasteiger charge is -2.26. The van der Waals surface area contributed by atoms with Crippen molar-refractivity contribution >= 4 is 16.5 Å². The number of benzene rings is 1. The minimum Gasteiger partial charge on any atom is -0.488 e. The van der Waals surface area contributed by atoms with Gasteiger partial charge < -0.3 is 14.4 Å². The predicted molar refractivity (Wildman–Crippen MR) is 91.0 cm³/mol. The number of rotatable bonds is 3. The summed E-state index contributed by atoms with van der Waals surface area (Å²) in [4.78, 5) is 7.04. The van der Waals surface area contributed by atoms with Crippen molar-refractivity contribution in [1.29, 1.82) is 0 Å². The second-order valence-corrected chi connectivity index (χ2v) is 7.19. The first-order valence-corrected chi connectivity index (χ1v) is 8.47. The number of nitrogens with zero attached hydrogens (tertiary/aromatic N) is 2. The Hall–Kier alpha value is -1.59. The molecule has 0 bridgehead atoms. The van der Waals surface area contributed by atoms with E-state index in [9.17, 15) is 0 Å². The van der Waals surface area contributed by atoms with Crippen LogP contribution in [-0.2, 0) is 4.74 Å². The van der Waals surface area contributed by atoms with Gasteiger partial charge in [0, 0.05) is 24.0 Å². The molecule has 118 valence electrons. The van der Waals surface area contributed by atoms with Gasteiger partial charge in [0.05, 0.1) is 18.9 Å². The fourth-order valence-electron chi connectivity index (χ4n) is 2.34. The molecule has 0 spiro atoms. The zero-order valence-corrected chi connectivity index (χ0v) is 14.2. The molecule has 0 radical (unpaired) electrons. The predicted octanol–water partition coefficient (Wildman–Crippen LogP) is 3.82. The Morgan fingerprint density at radius 3 is 2.45 bits per heavy atom. The molecule has 1 aromatic carbocycles. The minimum absolute atomic E-state index is 0.175. The van der Waals surface area contributed by atoms with Crippen LogP contribution in [0.15, 0.2) is 29.6 Å². The molecule has 1 aliphatic heterocycles. The van der Waals surface area contributed by atoms with Crippen molar-refractivity contribution in [1.82, 2.24) is 4.98 Å². The summed E-state index contributed by atoms with van der Waals surface area (Å²) in [5.41, 5.74) is 1.97. The fraction of sp³-hybridized carbons (Fsp3) is 0.471. The molecule has 0 amide bonds. The molecule has 0 saturated carbocycles. The molecule has 2 heterocycles. The number of anilines is 1. The molecule has 2 aromatic rings. The van der Waals surface area contributed by atoms with Gasteiger partial charge in [0.15, 0.2) is 5.13 Å². The van der Waals surface area contributed by atoms with Gasteiger partial charge in [0.1, 0.15) is 11.4 Å². The molecule has 4 nitrogen and oxygen atoms in total. The first-order chi connectivity index (χ1) is 10.5. The maximum absolute atomic E-state index is 5.85. The fourth-order valence-corrected chi connectivity index (χ4v) is 3.23. The van der Waals surface area contributed by atoms with Gasteiger partial charge >= 0.3 is 0 Å². The van der Waals surface area contributed by atoms with Gasteiger partial charge in [-0.2, -0.15) is 0 Å². The molecule has 1 aliphatic rings. The van der Waals surface area contributed by atoms with Crippen molar-refractivity contribution in [3.05, 3.63) is 29.6 Å². The molecule has 0 N–H and O–H groups in total.